The Bertz CT molecular complexity index is 692. The maximum Gasteiger partial charge on any atom is 0.123 e. The predicted molar refractivity (Wildman–Crippen MR) is 83.0 cm³/mol. The zero-order chi connectivity index (χ0) is 14.6. The standard InChI is InChI=1S/C17H19NO2S/c1-17(2)7-12-15(13(19)8-17)21-16(18-12)11-9-20-14-6-4-3-5-10(11)14/h3-6,11,13,19H,7-9H2,1-2H3. The third kappa shape index (κ3) is 2.17. The van der Waals surface area contributed by atoms with Gasteiger partial charge in [0.1, 0.15) is 17.4 Å². The molecule has 2 heterocycles. The second-order valence-electron chi connectivity index (χ2n) is 6.83. The van der Waals surface area contributed by atoms with Crippen LogP contribution in [-0.2, 0) is 6.42 Å². The van der Waals surface area contributed by atoms with E-state index in [9.17, 15) is 5.11 Å². The lowest BCUT2D eigenvalue weighted by Crippen LogP contribution is -2.24. The molecule has 21 heavy (non-hydrogen) atoms. The van der Waals surface area contributed by atoms with Gasteiger partial charge in [0, 0.05) is 5.56 Å². The van der Waals surface area contributed by atoms with Crippen LogP contribution in [0.1, 0.15) is 53.4 Å². The summed E-state index contributed by atoms with van der Waals surface area (Å²) in [6.45, 7) is 5.06. The second kappa shape index (κ2) is 4.55. The third-order valence-electron chi connectivity index (χ3n) is 4.44. The summed E-state index contributed by atoms with van der Waals surface area (Å²) in [7, 11) is 0. The lowest BCUT2D eigenvalue weighted by molar-refractivity contribution is 0.102. The highest BCUT2D eigenvalue weighted by Gasteiger charge is 2.36. The van der Waals surface area contributed by atoms with E-state index in [1.165, 1.54) is 5.56 Å². The fraction of sp³-hybridized carbons (Fsp3) is 0.471. The number of rotatable bonds is 1. The minimum atomic E-state index is -0.368. The summed E-state index contributed by atoms with van der Waals surface area (Å²) in [6, 6.07) is 8.18. The highest BCUT2D eigenvalue weighted by Crippen LogP contribution is 2.46. The number of hydrogen-bond donors (Lipinski definition) is 1. The molecule has 3 nitrogen and oxygen atoms in total. The third-order valence-corrected chi connectivity index (χ3v) is 5.75. The molecule has 2 aromatic rings. The molecular weight excluding hydrogens is 282 g/mol. The number of para-hydroxylation sites is 1. The van der Waals surface area contributed by atoms with Gasteiger partial charge in [0.05, 0.1) is 22.6 Å². The van der Waals surface area contributed by atoms with Crippen molar-refractivity contribution in [1.82, 2.24) is 4.98 Å². The van der Waals surface area contributed by atoms with Gasteiger partial charge >= 0.3 is 0 Å². The molecule has 110 valence electrons. The first-order valence-corrected chi connectivity index (χ1v) is 8.24. The highest BCUT2D eigenvalue weighted by molar-refractivity contribution is 7.12. The Hall–Kier alpha value is -1.39. The molecule has 1 aromatic heterocycles. The van der Waals surface area contributed by atoms with Crippen LogP contribution < -0.4 is 4.74 Å². The average Bonchev–Trinajstić information content (AvgIpc) is 3.00. The number of hydrogen-bond acceptors (Lipinski definition) is 4. The number of fused-ring (bicyclic) bond motifs is 2. The first-order valence-electron chi connectivity index (χ1n) is 7.43. The fourth-order valence-electron chi connectivity index (χ4n) is 3.43. The minimum absolute atomic E-state index is 0.127. The van der Waals surface area contributed by atoms with Gasteiger partial charge in [0.2, 0.25) is 0 Å². The van der Waals surface area contributed by atoms with Crippen molar-refractivity contribution < 1.29 is 9.84 Å². The summed E-state index contributed by atoms with van der Waals surface area (Å²) in [5.74, 6) is 1.18. The Kier molecular flexibility index (Phi) is 2.88. The molecule has 2 unspecified atom stereocenters. The van der Waals surface area contributed by atoms with E-state index in [4.69, 9.17) is 9.72 Å². The van der Waals surface area contributed by atoms with Crippen LogP contribution in [0.5, 0.6) is 5.75 Å². The molecule has 1 aliphatic carbocycles. The zero-order valence-corrected chi connectivity index (χ0v) is 13.1. The van der Waals surface area contributed by atoms with Crippen LogP contribution in [0.4, 0.5) is 0 Å². The van der Waals surface area contributed by atoms with E-state index in [1.54, 1.807) is 11.3 Å². The number of aliphatic hydroxyl groups is 1. The smallest absolute Gasteiger partial charge is 0.123 e. The molecule has 0 amide bonds. The van der Waals surface area contributed by atoms with Crippen molar-refractivity contribution in [1.29, 1.82) is 0 Å². The van der Waals surface area contributed by atoms with E-state index in [1.807, 2.05) is 18.2 Å². The van der Waals surface area contributed by atoms with Gasteiger partial charge in [0.25, 0.3) is 0 Å². The number of nitrogens with zero attached hydrogens (tertiary/aromatic N) is 1. The van der Waals surface area contributed by atoms with Crippen molar-refractivity contribution in [2.24, 2.45) is 5.41 Å². The summed E-state index contributed by atoms with van der Waals surface area (Å²) in [5, 5.41) is 11.5. The molecule has 0 spiro atoms. The number of thiazole rings is 1. The summed E-state index contributed by atoms with van der Waals surface area (Å²) >= 11 is 1.66. The molecule has 1 N–H and O–H groups in total. The Labute approximate surface area is 128 Å². The van der Waals surface area contributed by atoms with Gasteiger partial charge in [-0.1, -0.05) is 32.0 Å². The van der Waals surface area contributed by atoms with Gasteiger partial charge in [-0.25, -0.2) is 4.98 Å². The van der Waals surface area contributed by atoms with Gasteiger partial charge in [-0.15, -0.1) is 11.3 Å². The Morgan fingerprint density at radius 1 is 1.33 bits per heavy atom. The Morgan fingerprint density at radius 3 is 3.00 bits per heavy atom. The van der Waals surface area contributed by atoms with E-state index in [0.717, 1.165) is 34.2 Å². The summed E-state index contributed by atoms with van der Waals surface area (Å²) in [6.07, 6.45) is 1.40. The van der Waals surface area contributed by atoms with Crippen molar-refractivity contribution in [3.8, 4) is 5.75 Å². The van der Waals surface area contributed by atoms with Crippen molar-refractivity contribution in [2.75, 3.05) is 6.61 Å². The van der Waals surface area contributed by atoms with E-state index in [-0.39, 0.29) is 17.4 Å². The fourth-order valence-corrected chi connectivity index (χ4v) is 4.60. The van der Waals surface area contributed by atoms with Crippen molar-refractivity contribution >= 4 is 11.3 Å². The van der Waals surface area contributed by atoms with Crippen LogP contribution in [0.2, 0.25) is 0 Å². The van der Waals surface area contributed by atoms with Gasteiger partial charge in [-0.3, -0.25) is 0 Å². The molecule has 4 heteroatoms. The molecule has 0 saturated heterocycles. The lowest BCUT2D eigenvalue weighted by Gasteiger charge is -2.31. The average molecular weight is 301 g/mol. The maximum atomic E-state index is 10.4. The molecule has 1 aromatic carbocycles. The zero-order valence-electron chi connectivity index (χ0n) is 12.3. The van der Waals surface area contributed by atoms with E-state index in [2.05, 4.69) is 19.9 Å². The van der Waals surface area contributed by atoms with Gasteiger partial charge in [0.15, 0.2) is 0 Å². The molecule has 0 fully saturated rings. The molecule has 0 bridgehead atoms. The molecule has 2 aliphatic rings. The topological polar surface area (TPSA) is 42.4 Å². The van der Waals surface area contributed by atoms with Crippen LogP contribution in [0, 0.1) is 5.41 Å². The number of aromatic nitrogens is 1. The summed E-state index contributed by atoms with van der Waals surface area (Å²) < 4.78 is 5.77. The normalized spacial score (nSPS) is 26.0. The molecule has 1 aliphatic heterocycles. The number of ether oxygens (including phenoxy) is 1. The summed E-state index contributed by atoms with van der Waals surface area (Å²) in [4.78, 5) is 5.92. The first-order chi connectivity index (χ1) is 10.0. The van der Waals surface area contributed by atoms with Crippen molar-refractivity contribution in [3.05, 3.63) is 45.4 Å². The van der Waals surface area contributed by atoms with Crippen molar-refractivity contribution in [3.63, 3.8) is 0 Å². The second-order valence-corrected chi connectivity index (χ2v) is 7.89. The predicted octanol–water partition coefficient (Wildman–Crippen LogP) is 3.67. The lowest BCUT2D eigenvalue weighted by atomic mass is 9.77. The van der Waals surface area contributed by atoms with Crippen LogP contribution >= 0.6 is 11.3 Å². The van der Waals surface area contributed by atoms with E-state index >= 15 is 0 Å². The van der Waals surface area contributed by atoms with E-state index in [0.29, 0.717) is 6.61 Å². The minimum Gasteiger partial charge on any atom is -0.492 e. The van der Waals surface area contributed by atoms with Crippen LogP contribution in [0.25, 0.3) is 0 Å². The molecule has 4 rings (SSSR count). The van der Waals surface area contributed by atoms with Gasteiger partial charge < -0.3 is 9.84 Å². The van der Waals surface area contributed by atoms with Crippen molar-refractivity contribution in [2.45, 2.75) is 38.7 Å². The van der Waals surface area contributed by atoms with Crippen LogP contribution in [-0.4, -0.2) is 16.7 Å². The SMILES string of the molecule is CC1(C)Cc2nc(C3COc4ccccc43)sc2C(O)C1. The molecular formula is C17H19NO2S. The quantitative estimate of drug-likeness (QED) is 0.874. The molecule has 2 atom stereocenters. The maximum absolute atomic E-state index is 10.4. The molecule has 0 radical (unpaired) electrons. The van der Waals surface area contributed by atoms with Gasteiger partial charge in [-0.05, 0) is 24.3 Å². The van der Waals surface area contributed by atoms with E-state index < -0.39 is 0 Å². The number of aliphatic hydroxyl groups excluding tert-OH is 1. The van der Waals surface area contributed by atoms with Crippen LogP contribution in [0.15, 0.2) is 24.3 Å². The Morgan fingerprint density at radius 2 is 2.14 bits per heavy atom. The highest BCUT2D eigenvalue weighted by atomic mass is 32.1. The first kappa shape index (κ1) is 13.3. The monoisotopic (exact) mass is 301 g/mol. The largest absolute Gasteiger partial charge is 0.492 e. The summed E-state index contributed by atoms with van der Waals surface area (Å²) in [5.41, 5.74) is 2.43. The molecule has 0 saturated carbocycles. The number of benzene rings is 1. The van der Waals surface area contributed by atoms with Crippen LogP contribution in [0.3, 0.4) is 0 Å². The van der Waals surface area contributed by atoms with Gasteiger partial charge in [-0.2, -0.15) is 0 Å². The Balaban J connectivity index is 1.73.